The Bertz CT molecular complexity index is 718. The first-order chi connectivity index (χ1) is 10.4. The van der Waals surface area contributed by atoms with Gasteiger partial charge in [0.2, 0.25) is 0 Å². The molecule has 4 heteroatoms. The molecule has 2 heterocycles. The molecule has 0 saturated carbocycles. The molecule has 0 amide bonds. The van der Waals surface area contributed by atoms with Crippen LogP contribution in [0.3, 0.4) is 0 Å². The minimum Gasteiger partial charge on any atom is -0.408 e. The number of likely N-dealkylation sites (tertiary alicyclic amines) is 1. The lowest BCUT2D eigenvalue weighted by molar-refractivity contribution is 0.0742. The monoisotopic (exact) mass is 302 g/mol. The van der Waals surface area contributed by atoms with Gasteiger partial charge in [-0.25, -0.2) is 4.79 Å². The lowest BCUT2D eigenvalue weighted by Gasteiger charge is -2.42. The summed E-state index contributed by atoms with van der Waals surface area (Å²) in [5.74, 6) is 0.447. The maximum Gasteiger partial charge on any atom is 0.419 e. The minimum atomic E-state index is -0.294. The summed E-state index contributed by atoms with van der Waals surface area (Å²) in [6, 6.07) is 6.10. The Kier molecular flexibility index (Phi) is 3.89. The molecule has 0 N–H and O–H groups in total. The van der Waals surface area contributed by atoms with E-state index < -0.39 is 0 Å². The summed E-state index contributed by atoms with van der Waals surface area (Å²) in [6.07, 6.45) is 2.51. The number of nitrogens with zero attached hydrogens (tertiary/aromatic N) is 2. The van der Waals surface area contributed by atoms with Gasteiger partial charge in [0.25, 0.3) is 0 Å². The molecule has 120 valence electrons. The Balaban J connectivity index is 1.71. The summed E-state index contributed by atoms with van der Waals surface area (Å²) < 4.78 is 6.83. The average Bonchev–Trinajstić information content (AvgIpc) is 2.76. The summed E-state index contributed by atoms with van der Waals surface area (Å²) in [4.78, 5) is 14.1. The molecule has 0 radical (unpaired) electrons. The fourth-order valence-electron chi connectivity index (χ4n) is 3.33. The predicted molar refractivity (Wildman–Crippen MR) is 88.9 cm³/mol. The van der Waals surface area contributed by atoms with Gasteiger partial charge in [-0.15, -0.1) is 0 Å². The third-order valence-corrected chi connectivity index (χ3v) is 5.66. The van der Waals surface area contributed by atoms with Crippen molar-refractivity contribution in [1.82, 2.24) is 9.47 Å². The first kappa shape index (κ1) is 15.3. The van der Waals surface area contributed by atoms with Crippen LogP contribution < -0.4 is 5.76 Å². The Labute approximate surface area is 131 Å². The van der Waals surface area contributed by atoms with Gasteiger partial charge < -0.3 is 4.42 Å². The molecule has 1 fully saturated rings. The van der Waals surface area contributed by atoms with Gasteiger partial charge in [-0.05, 0) is 55.0 Å². The first-order valence-corrected chi connectivity index (χ1v) is 8.20. The van der Waals surface area contributed by atoms with E-state index in [0.717, 1.165) is 31.1 Å². The summed E-state index contributed by atoms with van der Waals surface area (Å²) in [5, 5.41) is 0. The lowest BCUT2D eigenvalue weighted by atomic mass is 9.72. The van der Waals surface area contributed by atoms with Crippen LogP contribution in [0.5, 0.6) is 0 Å². The van der Waals surface area contributed by atoms with Crippen molar-refractivity contribution in [3.8, 4) is 0 Å². The number of benzene rings is 1. The summed E-state index contributed by atoms with van der Waals surface area (Å²) in [7, 11) is 1.74. The van der Waals surface area contributed by atoms with Crippen molar-refractivity contribution >= 4 is 11.1 Å². The quantitative estimate of drug-likeness (QED) is 0.872. The molecular weight excluding hydrogens is 276 g/mol. The van der Waals surface area contributed by atoms with Gasteiger partial charge in [0, 0.05) is 13.6 Å². The molecule has 2 aromatic rings. The topological polar surface area (TPSA) is 38.4 Å². The van der Waals surface area contributed by atoms with Gasteiger partial charge in [0.15, 0.2) is 5.58 Å². The van der Waals surface area contributed by atoms with Crippen LogP contribution >= 0.6 is 0 Å². The fourth-order valence-corrected chi connectivity index (χ4v) is 3.33. The van der Waals surface area contributed by atoms with Crippen molar-refractivity contribution in [2.24, 2.45) is 18.4 Å². The zero-order chi connectivity index (χ0) is 15.9. The fraction of sp³-hybridized carbons (Fsp3) is 0.611. The number of fused-ring (bicyclic) bond motifs is 1. The number of aryl methyl sites for hydroxylation is 1. The molecule has 0 unspecified atom stereocenters. The van der Waals surface area contributed by atoms with E-state index in [1.165, 1.54) is 18.4 Å². The van der Waals surface area contributed by atoms with Crippen LogP contribution in [0.15, 0.2) is 27.4 Å². The maximum atomic E-state index is 11.6. The number of hydrogen-bond acceptors (Lipinski definition) is 3. The van der Waals surface area contributed by atoms with Crippen LogP contribution in [0.4, 0.5) is 0 Å². The second-order valence-corrected chi connectivity index (χ2v) is 7.31. The SMILES string of the molecule is CC(C)C1(C)CCN(Cc2ccc3c(c2)oc(=O)n3C)CC1. The molecule has 4 nitrogen and oxygen atoms in total. The van der Waals surface area contributed by atoms with E-state index in [1.54, 1.807) is 11.6 Å². The van der Waals surface area contributed by atoms with Crippen molar-refractivity contribution in [2.75, 3.05) is 13.1 Å². The lowest BCUT2D eigenvalue weighted by Crippen LogP contribution is -2.40. The van der Waals surface area contributed by atoms with Gasteiger partial charge in [0.1, 0.15) is 0 Å². The zero-order valence-electron chi connectivity index (χ0n) is 14.1. The van der Waals surface area contributed by atoms with E-state index in [2.05, 4.69) is 31.7 Å². The molecular formula is C18H26N2O2. The van der Waals surface area contributed by atoms with Crippen LogP contribution in [-0.4, -0.2) is 22.6 Å². The molecule has 22 heavy (non-hydrogen) atoms. The van der Waals surface area contributed by atoms with Gasteiger partial charge in [0.05, 0.1) is 5.52 Å². The molecule has 0 atom stereocenters. The Morgan fingerprint density at radius 2 is 1.95 bits per heavy atom. The van der Waals surface area contributed by atoms with E-state index in [9.17, 15) is 4.79 Å². The number of oxazole rings is 1. The summed E-state index contributed by atoms with van der Waals surface area (Å²) >= 11 is 0. The standard InChI is InChI=1S/C18H26N2O2/c1-13(2)18(3)7-9-20(10-8-18)12-14-5-6-15-16(11-14)22-17(21)19(15)4/h5-6,11,13H,7-10,12H2,1-4H3. The minimum absolute atomic E-state index is 0.294. The van der Waals surface area contributed by atoms with Crippen LogP contribution in [0, 0.1) is 11.3 Å². The second-order valence-electron chi connectivity index (χ2n) is 7.31. The van der Waals surface area contributed by atoms with Gasteiger partial charge in [-0.3, -0.25) is 9.47 Å². The molecule has 0 aliphatic carbocycles. The van der Waals surface area contributed by atoms with E-state index in [0.29, 0.717) is 11.0 Å². The highest BCUT2D eigenvalue weighted by Crippen LogP contribution is 2.38. The predicted octanol–water partition coefficient (Wildman–Crippen LogP) is 3.39. The van der Waals surface area contributed by atoms with Gasteiger partial charge in [-0.2, -0.15) is 0 Å². The normalized spacial score (nSPS) is 19.1. The van der Waals surface area contributed by atoms with Gasteiger partial charge >= 0.3 is 5.76 Å². The molecule has 1 aliphatic rings. The molecule has 1 aromatic heterocycles. The molecule has 1 aliphatic heterocycles. The van der Waals surface area contributed by atoms with Crippen LogP contribution in [0.1, 0.15) is 39.2 Å². The van der Waals surface area contributed by atoms with Crippen molar-refractivity contribution in [2.45, 2.75) is 40.2 Å². The Morgan fingerprint density at radius 1 is 1.27 bits per heavy atom. The first-order valence-electron chi connectivity index (χ1n) is 8.20. The Hall–Kier alpha value is -1.55. The second kappa shape index (κ2) is 5.58. The molecule has 0 spiro atoms. The zero-order valence-corrected chi connectivity index (χ0v) is 14.1. The smallest absolute Gasteiger partial charge is 0.408 e. The highest BCUT2D eigenvalue weighted by Gasteiger charge is 2.32. The van der Waals surface area contributed by atoms with Crippen LogP contribution in [0.2, 0.25) is 0 Å². The van der Waals surface area contributed by atoms with Crippen LogP contribution in [-0.2, 0) is 13.6 Å². The number of rotatable bonds is 3. The largest absolute Gasteiger partial charge is 0.419 e. The molecule has 3 rings (SSSR count). The molecule has 0 bridgehead atoms. The van der Waals surface area contributed by atoms with Crippen molar-refractivity contribution in [1.29, 1.82) is 0 Å². The highest BCUT2D eigenvalue weighted by atomic mass is 16.4. The molecule has 1 saturated heterocycles. The third-order valence-electron chi connectivity index (χ3n) is 5.66. The average molecular weight is 302 g/mol. The van der Waals surface area contributed by atoms with Crippen molar-refractivity contribution < 1.29 is 4.42 Å². The maximum absolute atomic E-state index is 11.6. The third kappa shape index (κ3) is 2.72. The van der Waals surface area contributed by atoms with E-state index in [-0.39, 0.29) is 5.76 Å². The molecule has 1 aromatic carbocycles. The van der Waals surface area contributed by atoms with E-state index >= 15 is 0 Å². The Morgan fingerprint density at radius 3 is 2.59 bits per heavy atom. The van der Waals surface area contributed by atoms with E-state index in [4.69, 9.17) is 4.42 Å². The van der Waals surface area contributed by atoms with Gasteiger partial charge in [-0.1, -0.05) is 26.8 Å². The highest BCUT2D eigenvalue weighted by molar-refractivity contribution is 5.73. The van der Waals surface area contributed by atoms with Crippen molar-refractivity contribution in [3.05, 3.63) is 34.3 Å². The number of aromatic nitrogens is 1. The van der Waals surface area contributed by atoms with E-state index in [1.807, 2.05) is 12.1 Å². The number of piperidine rings is 1. The van der Waals surface area contributed by atoms with Crippen molar-refractivity contribution in [3.63, 3.8) is 0 Å². The number of hydrogen-bond donors (Lipinski definition) is 0. The summed E-state index contributed by atoms with van der Waals surface area (Å²) in [5.41, 5.74) is 3.25. The summed E-state index contributed by atoms with van der Waals surface area (Å²) in [6.45, 7) is 10.3. The van der Waals surface area contributed by atoms with Crippen LogP contribution in [0.25, 0.3) is 11.1 Å².